The number of hydrogen-bond acceptors (Lipinski definition) is 7. The molecule has 1 saturated carbocycles. The van der Waals surface area contributed by atoms with Gasteiger partial charge in [-0.15, -0.1) is 0 Å². The maximum Gasteiger partial charge on any atom is 0.413 e. The Morgan fingerprint density at radius 1 is 1.19 bits per heavy atom. The number of nitrogens with zero attached hydrogens (tertiary/aromatic N) is 4. The highest BCUT2D eigenvalue weighted by atomic mass is 16.6. The lowest BCUT2D eigenvalue weighted by molar-refractivity contribution is 0.0635. The van der Waals surface area contributed by atoms with E-state index in [0.717, 1.165) is 31.2 Å². The van der Waals surface area contributed by atoms with Crippen LogP contribution in [0.3, 0.4) is 0 Å². The fourth-order valence-electron chi connectivity index (χ4n) is 5.06. The van der Waals surface area contributed by atoms with Gasteiger partial charge in [-0.25, -0.2) is 14.8 Å². The van der Waals surface area contributed by atoms with E-state index in [1.54, 1.807) is 31.4 Å². The smallest absolute Gasteiger partial charge is 0.413 e. The molecule has 10 heteroatoms. The molecule has 2 atom stereocenters. The first-order valence-electron chi connectivity index (χ1n) is 10.8. The number of ether oxygens (including phenoxy) is 1. The standard InChI is InChI=1S/C22H26N6O4/c1-12-9-13(25-15-10-16(24-11-23-15)26-20(31)32-21(2,3)4)18(29)28-17(12)19(30)27-14-7-5-6-8-22(14,27)28/h9-11,14H,5-8H2,1-4H3,(H2,23,24,25,26,31). The summed E-state index contributed by atoms with van der Waals surface area (Å²) in [7, 11) is 0. The summed E-state index contributed by atoms with van der Waals surface area (Å²) < 4.78 is 6.93. The summed E-state index contributed by atoms with van der Waals surface area (Å²) in [6.07, 6.45) is 4.45. The van der Waals surface area contributed by atoms with E-state index in [9.17, 15) is 14.4 Å². The normalized spacial score (nSPS) is 23.2. The molecule has 4 heterocycles. The molecule has 2 N–H and O–H groups in total. The molecule has 168 valence electrons. The number of pyridine rings is 1. The highest BCUT2D eigenvalue weighted by Gasteiger charge is 2.72. The molecule has 1 saturated heterocycles. The number of anilines is 3. The molecule has 2 unspecified atom stereocenters. The molecule has 1 spiro atoms. The van der Waals surface area contributed by atoms with Gasteiger partial charge in [0.05, 0.1) is 6.04 Å². The Kier molecular flexibility index (Phi) is 4.34. The zero-order chi connectivity index (χ0) is 22.8. The maximum atomic E-state index is 13.5. The van der Waals surface area contributed by atoms with E-state index < -0.39 is 17.4 Å². The number of carbonyl (C=O) groups excluding carboxylic acids is 2. The summed E-state index contributed by atoms with van der Waals surface area (Å²) >= 11 is 0. The van der Waals surface area contributed by atoms with Gasteiger partial charge in [0.25, 0.3) is 11.5 Å². The van der Waals surface area contributed by atoms with Crippen LogP contribution in [0.4, 0.5) is 22.1 Å². The Hall–Kier alpha value is -3.43. The highest BCUT2D eigenvalue weighted by molar-refractivity contribution is 6.00. The number of amides is 2. The topological polar surface area (TPSA) is 118 Å². The molecular weight excluding hydrogens is 412 g/mol. The minimum atomic E-state index is -0.640. The Balaban J connectivity index is 1.44. The predicted molar refractivity (Wildman–Crippen MR) is 117 cm³/mol. The van der Waals surface area contributed by atoms with Crippen molar-refractivity contribution in [3.8, 4) is 0 Å². The Bertz CT molecular complexity index is 1200. The monoisotopic (exact) mass is 438 g/mol. The van der Waals surface area contributed by atoms with Crippen LogP contribution in [0.1, 0.15) is 62.5 Å². The van der Waals surface area contributed by atoms with Crippen LogP contribution in [0.2, 0.25) is 0 Å². The average Bonchev–Trinajstić information content (AvgIpc) is 3.30. The molecular formula is C22H26N6O4. The summed E-state index contributed by atoms with van der Waals surface area (Å²) in [6, 6.07) is 3.31. The van der Waals surface area contributed by atoms with E-state index >= 15 is 0 Å². The van der Waals surface area contributed by atoms with Gasteiger partial charge < -0.3 is 15.0 Å². The van der Waals surface area contributed by atoms with Crippen molar-refractivity contribution in [1.29, 1.82) is 0 Å². The maximum absolute atomic E-state index is 13.5. The Morgan fingerprint density at radius 3 is 2.69 bits per heavy atom. The summed E-state index contributed by atoms with van der Waals surface area (Å²) in [5, 5.41) is 5.61. The molecule has 2 fully saturated rings. The van der Waals surface area contributed by atoms with Crippen LogP contribution in [0.25, 0.3) is 0 Å². The van der Waals surface area contributed by atoms with Gasteiger partial charge in [-0.2, -0.15) is 0 Å². The van der Waals surface area contributed by atoms with Crippen molar-refractivity contribution in [3.05, 3.63) is 40.1 Å². The van der Waals surface area contributed by atoms with Crippen molar-refractivity contribution in [2.24, 2.45) is 0 Å². The average molecular weight is 438 g/mol. The summed E-state index contributed by atoms with van der Waals surface area (Å²) in [5.41, 5.74) is 0.163. The van der Waals surface area contributed by atoms with Gasteiger partial charge in [0.2, 0.25) is 0 Å². The Labute approximate surface area is 185 Å². The van der Waals surface area contributed by atoms with E-state index in [0.29, 0.717) is 17.2 Å². The number of fused-ring (bicyclic) bond motifs is 2. The number of rotatable bonds is 3. The molecule has 2 aromatic rings. The van der Waals surface area contributed by atoms with Crippen molar-refractivity contribution >= 4 is 29.3 Å². The molecule has 5 rings (SSSR count). The molecule has 1 aliphatic carbocycles. The lowest BCUT2D eigenvalue weighted by atomic mass is 9.94. The fraction of sp³-hybridized carbons (Fsp3) is 0.500. The molecule has 3 aliphatic rings. The number of aryl methyl sites for hydroxylation is 1. The fourth-order valence-corrected chi connectivity index (χ4v) is 5.06. The third-order valence-electron chi connectivity index (χ3n) is 6.23. The van der Waals surface area contributed by atoms with Gasteiger partial charge in [0.15, 0.2) is 0 Å². The second kappa shape index (κ2) is 6.78. The molecule has 2 amide bonds. The first-order valence-corrected chi connectivity index (χ1v) is 10.8. The van der Waals surface area contributed by atoms with E-state index in [1.165, 1.54) is 12.4 Å². The minimum absolute atomic E-state index is 0.0519. The second-order valence-corrected chi connectivity index (χ2v) is 9.59. The first-order chi connectivity index (χ1) is 15.1. The SMILES string of the molecule is Cc1cc(Nc2cc(NC(=O)OC(C)(C)C)ncn2)c(=O)n2c1C(=O)N1C3CCCCC312. The first kappa shape index (κ1) is 20.5. The quantitative estimate of drug-likeness (QED) is 0.707. The van der Waals surface area contributed by atoms with Crippen molar-refractivity contribution < 1.29 is 14.3 Å². The Morgan fingerprint density at radius 2 is 1.94 bits per heavy atom. The molecule has 32 heavy (non-hydrogen) atoms. The van der Waals surface area contributed by atoms with Crippen LogP contribution in [-0.4, -0.2) is 43.1 Å². The molecule has 0 radical (unpaired) electrons. The zero-order valence-corrected chi connectivity index (χ0v) is 18.6. The van der Waals surface area contributed by atoms with Crippen LogP contribution < -0.4 is 16.2 Å². The number of hydrogen-bond donors (Lipinski definition) is 2. The number of nitrogens with one attached hydrogen (secondary N) is 2. The lowest BCUT2D eigenvalue weighted by Crippen LogP contribution is -2.37. The number of carbonyl (C=O) groups is 2. The molecule has 10 nitrogen and oxygen atoms in total. The number of aromatic nitrogens is 3. The molecule has 0 aromatic carbocycles. The van der Waals surface area contributed by atoms with E-state index in [4.69, 9.17) is 4.74 Å². The van der Waals surface area contributed by atoms with Crippen LogP contribution in [0, 0.1) is 6.92 Å². The lowest BCUT2D eigenvalue weighted by Gasteiger charge is -2.22. The molecule has 2 aromatic heterocycles. The minimum Gasteiger partial charge on any atom is -0.444 e. The van der Waals surface area contributed by atoms with Gasteiger partial charge in [-0.05, 0) is 58.6 Å². The third-order valence-corrected chi connectivity index (χ3v) is 6.23. The van der Waals surface area contributed by atoms with Gasteiger partial charge in [0.1, 0.15) is 40.6 Å². The third kappa shape index (κ3) is 3.04. The molecule has 2 aliphatic heterocycles. The summed E-state index contributed by atoms with van der Waals surface area (Å²) in [5.74, 6) is 0.533. The van der Waals surface area contributed by atoms with Crippen LogP contribution in [-0.2, 0) is 10.4 Å². The van der Waals surface area contributed by atoms with Crippen molar-refractivity contribution in [2.45, 2.75) is 70.7 Å². The highest BCUT2D eigenvalue weighted by Crippen LogP contribution is 2.59. The van der Waals surface area contributed by atoms with Crippen molar-refractivity contribution in [2.75, 3.05) is 10.6 Å². The summed E-state index contributed by atoms with van der Waals surface area (Å²) in [6.45, 7) is 7.14. The van der Waals surface area contributed by atoms with E-state index in [1.807, 2.05) is 11.8 Å². The van der Waals surface area contributed by atoms with Gasteiger partial charge >= 0.3 is 6.09 Å². The second-order valence-electron chi connectivity index (χ2n) is 9.59. The zero-order valence-electron chi connectivity index (χ0n) is 18.6. The van der Waals surface area contributed by atoms with Crippen LogP contribution >= 0.6 is 0 Å². The van der Waals surface area contributed by atoms with Crippen LogP contribution in [0.5, 0.6) is 0 Å². The molecule has 0 bridgehead atoms. The van der Waals surface area contributed by atoms with Gasteiger partial charge in [0, 0.05) is 6.07 Å². The van der Waals surface area contributed by atoms with Crippen LogP contribution in [0.15, 0.2) is 23.3 Å². The van der Waals surface area contributed by atoms with Gasteiger partial charge in [-0.1, -0.05) is 6.42 Å². The predicted octanol–water partition coefficient (Wildman–Crippen LogP) is 3.10. The van der Waals surface area contributed by atoms with E-state index in [-0.39, 0.29) is 23.3 Å². The largest absolute Gasteiger partial charge is 0.444 e. The summed E-state index contributed by atoms with van der Waals surface area (Å²) in [4.78, 5) is 48.5. The van der Waals surface area contributed by atoms with E-state index in [2.05, 4.69) is 20.6 Å². The van der Waals surface area contributed by atoms with Crippen molar-refractivity contribution in [3.63, 3.8) is 0 Å². The van der Waals surface area contributed by atoms with Crippen molar-refractivity contribution in [1.82, 2.24) is 19.4 Å². The van der Waals surface area contributed by atoms with Gasteiger partial charge in [-0.3, -0.25) is 19.5 Å².